The van der Waals surface area contributed by atoms with Crippen LogP contribution in [0.3, 0.4) is 0 Å². The SMILES string of the molecule is COc1ccc([C@@H]2C[C@@H](c3ccccc3)ON=C2CBr)cc1. The molecule has 0 amide bonds. The third-order valence-electron chi connectivity index (χ3n) is 3.98. The zero-order valence-electron chi connectivity index (χ0n) is 12.4. The van der Waals surface area contributed by atoms with Crippen LogP contribution in [0.15, 0.2) is 59.8 Å². The normalized spacial score (nSPS) is 20.9. The number of benzene rings is 2. The first-order chi connectivity index (χ1) is 10.8. The highest BCUT2D eigenvalue weighted by Crippen LogP contribution is 2.36. The number of ether oxygens (including phenoxy) is 1. The highest BCUT2D eigenvalue weighted by atomic mass is 79.9. The second-order valence-electron chi connectivity index (χ2n) is 5.28. The maximum absolute atomic E-state index is 5.70. The summed E-state index contributed by atoms with van der Waals surface area (Å²) in [4.78, 5) is 5.70. The lowest BCUT2D eigenvalue weighted by Crippen LogP contribution is -2.23. The van der Waals surface area contributed by atoms with Crippen LogP contribution in [0, 0.1) is 0 Å². The average Bonchev–Trinajstić information content (AvgIpc) is 2.62. The summed E-state index contributed by atoms with van der Waals surface area (Å²) in [6, 6.07) is 18.5. The molecular formula is C18H18BrNO2. The topological polar surface area (TPSA) is 30.8 Å². The lowest BCUT2D eigenvalue weighted by Gasteiger charge is -2.28. The van der Waals surface area contributed by atoms with Gasteiger partial charge in [-0.1, -0.05) is 63.6 Å². The fourth-order valence-electron chi connectivity index (χ4n) is 2.73. The van der Waals surface area contributed by atoms with Crippen molar-refractivity contribution in [2.24, 2.45) is 5.16 Å². The molecule has 1 heterocycles. The number of hydrogen-bond acceptors (Lipinski definition) is 3. The Balaban J connectivity index is 1.87. The van der Waals surface area contributed by atoms with Gasteiger partial charge in [-0.25, -0.2) is 0 Å². The fourth-order valence-corrected chi connectivity index (χ4v) is 3.23. The summed E-state index contributed by atoms with van der Waals surface area (Å²) in [6.45, 7) is 0. The molecule has 2 aromatic carbocycles. The van der Waals surface area contributed by atoms with E-state index in [1.165, 1.54) is 11.1 Å². The summed E-state index contributed by atoms with van der Waals surface area (Å²) >= 11 is 3.52. The number of nitrogens with zero attached hydrogens (tertiary/aromatic N) is 1. The van der Waals surface area contributed by atoms with E-state index in [-0.39, 0.29) is 12.0 Å². The first-order valence-electron chi connectivity index (χ1n) is 7.29. The van der Waals surface area contributed by atoms with Gasteiger partial charge in [0.25, 0.3) is 0 Å². The van der Waals surface area contributed by atoms with Crippen molar-refractivity contribution in [3.8, 4) is 5.75 Å². The highest BCUT2D eigenvalue weighted by Gasteiger charge is 2.29. The van der Waals surface area contributed by atoms with Crippen molar-refractivity contribution in [1.82, 2.24) is 0 Å². The Morgan fingerprint density at radius 1 is 1.09 bits per heavy atom. The van der Waals surface area contributed by atoms with Crippen LogP contribution in [0.4, 0.5) is 0 Å². The molecule has 0 radical (unpaired) electrons. The van der Waals surface area contributed by atoms with Crippen LogP contribution in [0.5, 0.6) is 5.75 Å². The van der Waals surface area contributed by atoms with Gasteiger partial charge in [-0.15, -0.1) is 0 Å². The van der Waals surface area contributed by atoms with Gasteiger partial charge in [0.15, 0.2) is 6.10 Å². The number of rotatable bonds is 4. The van der Waals surface area contributed by atoms with Gasteiger partial charge in [0.05, 0.1) is 12.8 Å². The second-order valence-corrected chi connectivity index (χ2v) is 5.84. The number of alkyl halides is 1. The molecule has 1 aliphatic rings. The molecule has 0 spiro atoms. The molecule has 3 nitrogen and oxygen atoms in total. The molecular weight excluding hydrogens is 342 g/mol. The summed E-state index contributed by atoms with van der Waals surface area (Å²) in [5.74, 6) is 1.12. The van der Waals surface area contributed by atoms with E-state index in [1.54, 1.807) is 7.11 Å². The molecule has 0 aromatic heterocycles. The Labute approximate surface area is 139 Å². The van der Waals surface area contributed by atoms with Crippen LogP contribution in [0.25, 0.3) is 0 Å². The molecule has 3 rings (SSSR count). The van der Waals surface area contributed by atoms with E-state index >= 15 is 0 Å². The lowest BCUT2D eigenvalue weighted by molar-refractivity contribution is 0.0380. The molecule has 1 aliphatic heterocycles. The van der Waals surface area contributed by atoms with Gasteiger partial charge < -0.3 is 9.57 Å². The van der Waals surface area contributed by atoms with Gasteiger partial charge >= 0.3 is 0 Å². The van der Waals surface area contributed by atoms with Crippen LogP contribution in [-0.4, -0.2) is 18.2 Å². The molecule has 0 aliphatic carbocycles. The Morgan fingerprint density at radius 3 is 2.45 bits per heavy atom. The molecule has 22 heavy (non-hydrogen) atoms. The summed E-state index contributed by atoms with van der Waals surface area (Å²) < 4.78 is 5.24. The number of methoxy groups -OCH3 is 1. The summed E-state index contributed by atoms with van der Waals surface area (Å²) in [5.41, 5.74) is 3.43. The first kappa shape index (κ1) is 15.1. The highest BCUT2D eigenvalue weighted by molar-refractivity contribution is 9.09. The standard InChI is InChI=1S/C18H18BrNO2/c1-21-15-9-7-13(8-10-15)16-11-18(22-20-17(16)12-19)14-5-3-2-4-6-14/h2-10,16,18H,11-12H2,1H3/t16-,18-/m0/s1. The van der Waals surface area contributed by atoms with E-state index in [9.17, 15) is 0 Å². The van der Waals surface area contributed by atoms with Crippen LogP contribution >= 0.6 is 15.9 Å². The third kappa shape index (κ3) is 3.17. The van der Waals surface area contributed by atoms with Crippen LogP contribution in [0.2, 0.25) is 0 Å². The Hall–Kier alpha value is -1.81. The number of oxime groups is 1. The predicted molar refractivity (Wildman–Crippen MR) is 91.8 cm³/mol. The molecule has 0 bridgehead atoms. The Morgan fingerprint density at radius 2 is 1.82 bits per heavy atom. The summed E-state index contributed by atoms with van der Waals surface area (Å²) in [7, 11) is 1.68. The largest absolute Gasteiger partial charge is 0.497 e. The van der Waals surface area contributed by atoms with E-state index in [2.05, 4.69) is 45.4 Å². The molecule has 0 unspecified atom stereocenters. The van der Waals surface area contributed by atoms with Crippen molar-refractivity contribution in [1.29, 1.82) is 0 Å². The molecule has 2 aromatic rings. The van der Waals surface area contributed by atoms with E-state index < -0.39 is 0 Å². The zero-order chi connectivity index (χ0) is 15.4. The molecule has 0 fully saturated rings. The van der Waals surface area contributed by atoms with Crippen LogP contribution in [0.1, 0.15) is 29.6 Å². The number of halogens is 1. The van der Waals surface area contributed by atoms with E-state index in [0.717, 1.165) is 17.9 Å². The van der Waals surface area contributed by atoms with Crippen molar-refractivity contribution in [3.05, 3.63) is 65.7 Å². The van der Waals surface area contributed by atoms with Gasteiger partial charge in [0.2, 0.25) is 0 Å². The van der Waals surface area contributed by atoms with Crippen LogP contribution in [-0.2, 0) is 4.84 Å². The maximum atomic E-state index is 5.70. The summed E-state index contributed by atoms with van der Waals surface area (Å²) in [5, 5.41) is 5.06. The van der Waals surface area contributed by atoms with Crippen molar-refractivity contribution < 1.29 is 9.57 Å². The molecule has 0 saturated carbocycles. The minimum Gasteiger partial charge on any atom is -0.497 e. The van der Waals surface area contributed by atoms with E-state index in [4.69, 9.17) is 9.57 Å². The van der Waals surface area contributed by atoms with Gasteiger partial charge in [0, 0.05) is 17.7 Å². The Bertz CT molecular complexity index is 640. The van der Waals surface area contributed by atoms with Crippen molar-refractivity contribution >= 4 is 21.6 Å². The minimum absolute atomic E-state index is 0.00361. The molecule has 114 valence electrons. The van der Waals surface area contributed by atoms with Gasteiger partial charge in [0.1, 0.15) is 5.75 Å². The predicted octanol–water partition coefficient (Wildman–Crippen LogP) is 4.69. The molecule has 2 atom stereocenters. The first-order valence-corrected chi connectivity index (χ1v) is 8.41. The minimum atomic E-state index is -0.00361. The van der Waals surface area contributed by atoms with Crippen molar-refractivity contribution in [2.75, 3.05) is 12.4 Å². The van der Waals surface area contributed by atoms with Crippen LogP contribution < -0.4 is 4.74 Å². The zero-order valence-corrected chi connectivity index (χ0v) is 14.0. The number of hydrogen-bond donors (Lipinski definition) is 0. The van der Waals surface area contributed by atoms with Crippen molar-refractivity contribution in [3.63, 3.8) is 0 Å². The smallest absolute Gasteiger partial charge is 0.153 e. The van der Waals surface area contributed by atoms with Gasteiger partial charge in [-0.3, -0.25) is 0 Å². The van der Waals surface area contributed by atoms with Gasteiger partial charge in [-0.05, 0) is 23.3 Å². The van der Waals surface area contributed by atoms with Crippen molar-refractivity contribution in [2.45, 2.75) is 18.4 Å². The Kier molecular flexibility index (Phi) is 4.78. The average molecular weight is 360 g/mol. The van der Waals surface area contributed by atoms with E-state index in [0.29, 0.717) is 5.33 Å². The molecule has 4 heteroatoms. The fraction of sp³-hybridized carbons (Fsp3) is 0.278. The molecule has 0 saturated heterocycles. The second kappa shape index (κ2) is 6.97. The lowest BCUT2D eigenvalue weighted by atomic mass is 9.87. The maximum Gasteiger partial charge on any atom is 0.153 e. The monoisotopic (exact) mass is 359 g/mol. The quantitative estimate of drug-likeness (QED) is 0.741. The van der Waals surface area contributed by atoms with E-state index in [1.807, 2.05) is 30.3 Å². The van der Waals surface area contributed by atoms with Gasteiger partial charge in [-0.2, -0.15) is 0 Å². The molecule has 0 N–H and O–H groups in total. The third-order valence-corrected chi connectivity index (χ3v) is 4.55. The summed E-state index contributed by atoms with van der Waals surface area (Å²) in [6.07, 6.45) is 0.886.